The van der Waals surface area contributed by atoms with Crippen LogP contribution in [0.2, 0.25) is 0 Å². The van der Waals surface area contributed by atoms with Gasteiger partial charge in [-0.1, -0.05) is 13.8 Å². The van der Waals surface area contributed by atoms with Crippen LogP contribution in [0.1, 0.15) is 20.8 Å². The van der Waals surface area contributed by atoms with Crippen LogP contribution in [-0.2, 0) is 11.3 Å². The first-order valence-corrected chi connectivity index (χ1v) is 10.6. The van der Waals surface area contributed by atoms with Gasteiger partial charge in [0.25, 0.3) is 0 Å². The van der Waals surface area contributed by atoms with Gasteiger partial charge in [0.05, 0.1) is 24.9 Å². The number of benzene rings is 1. The molecule has 0 saturated carbocycles. The lowest BCUT2D eigenvalue weighted by atomic mass is 10.2. The summed E-state index contributed by atoms with van der Waals surface area (Å²) < 4.78 is 11.8. The molecule has 10 nitrogen and oxygen atoms in total. The molecule has 4 rings (SSSR count). The van der Waals surface area contributed by atoms with E-state index in [0.717, 1.165) is 16.7 Å². The highest BCUT2D eigenvalue weighted by Gasteiger charge is 2.12. The van der Waals surface area contributed by atoms with Gasteiger partial charge in [0.1, 0.15) is 23.7 Å². The molecule has 0 spiro atoms. The highest BCUT2D eigenvalue weighted by molar-refractivity contribution is 5.91. The van der Waals surface area contributed by atoms with Gasteiger partial charge >= 0.3 is 0 Å². The molecule has 0 radical (unpaired) electrons. The predicted octanol–water partition coefficient (Wildman–Crippen LogP) is 3.49. The minimum Gasteiger partial charge on any atom is -0.657 e. The van der Waals surface area contributed by atoms with E-state index < -0.39 is 0 Å². The molecule has 0 saturated heterocycles. The average molecular weight is 436 g/mol. The molecule has 3 heterocycles. The minimum absolute atomic E-state index is 0.314. The van der Waals surface area contributed by atoms with Crippen molar-refractivity contribution in [1.82, 2.24) is 30.3 Å². The maximum Gasteiger partial charge on any atom is 0.189 e. The van der Waals surface area contributed by atoms with E-state index in [9.17, 15) is 0 Å². The van der Waals surface area contributed by atoms with Gasteiger partial charge in [0, 0.05) is 11.6 Å². The van der Waals surface area contributed by atoms with Gasteiger partial charge in [-0.05, 0) is 37.3 Å². The Bertz CT molecular complexity index is 1110. The Morgan fingerprint density at radius 2 is 2.19 bits per heavy atom. The molecule has 1 aliphatic heterocycles. The number of nitrogens with one attached hydrogen (secondary N) is 2. The third-order valence-electron chi connectivity index (χ3n) is 4.62. The average Bonchev–Trinajstić information content (AvgIpc) is 3.26. The van der Waals surface area contributed by atoms with E-state index in [4.69, 9.17) is 9.47 Å². The van der Waals surface area contributed by atoms with E-state index in [1.54, 1.807) is 17.2 Å². The van der Waals surface area contributed by atoms with Crippen molar-refractivity contribution in [3.63, 3.8) is 0 Å². The first-order valence-electron chi connectivity index (χ1n) is 10.6. The molecular formula is C22H27N8O2-. The van der Waals surface area contributed by atoms with Crippen molar-refractivity contribution in [2.75, 3.05) is 18.5 Å². The number of fused-ring (bicyclic) bond motifs is 1. The first kappa shape index (κ1) is 21.6. The molecule has 0 amide bonds. The quantitative estimate of drug-likeness (QED) is 0.465. The highest BCUT2D eigenvalue weighted by atomic mass is 16.5. The number of allylic oxidation sites excluding steroid dienone is 1. The lowest BCUT2D eigenvalue weighted by molar-refractivity contribution is 0.203. The molecule has 2 N–H and O–H groups in total. The van der Waals surface area contributed by atoms with Crippen molar-refractivity contribution in [2.45, 2.75) is 39.6 Å². The van der Waals surface area contributed by atoms with Crippen molar-refractivity contribution in [3.8, 4) is 5.75 Å². The van der Waals surface area contributed by atoms with Crippen molar-refractivity contribution >= 4 is 22.5 Å². The zero-order chi connectivity index (χ0) is 22.3. The lowest BCUT2D eigenvalue weighted by Crippen LogP contribution is -2.31. The molecule has 32 heavy (non-hydrogen) atoms. The Balaban J connectivity index is 1.39. The van der Waals surface area contributed by atoms with Crippen molar-refractivity contribution in [1.29, 1.82) is 0 Å². The molecule has 0 aliphatic carbocycles. The summed E-state index contributed by atoms with van der Waals surface area (Å²) in [7, 11) is 0. The van der Waals surface area contributed by atoms with Gasteiger partial charge in [-0.3, -0.25) is 0 Å². The summed E-state index contributed by atoms with van der Waals surface area (Å²) in [6.45, 7) is 8.01. The van der Waals surface area contributed by atoms with Crippen LogP contribution < -0.4 is 15.4 Å². The normalized spacial score (nSPS) is 15.5. The van der Waals surface area contributed by atoms with Gasteiger partial charge in [0.15, 0.2) is 12.0 Å². The molecule has 168 valence electrons. The highest BCUT2D eigenvalue weighted by Crippen LogP contribution is 2.27. The molecule has 0 bridgehead atoms. The summed E-state index contributed by atoms with van der Waals surface area (Å²) >= 11 is 0. The molecule has 1 atom stereocenters. The fourth-order valence-electron chi connectivity index (χ4n) is 3.07. The van der Waals surface area contributed by atoms with E-state index in [-0.39, 0.29) is 6.23 Å². The van der Waals surface area contributed by atoms with Crippen molar-refractivity contribution in [3.05, 3.63) is 60.2 Å². The summed E-state index contributed by atoms with van der Waals surface area (Å²) in [5.41, 5.74) is 0.798. The fourth-order valence-corrected chi connectivity index (χ4v) is 3.07. The summed E-state index contributed by atoms with van der Waals surface area (Å²) in [5.74, 6) is 2.69. The second-order valence-corrected chi connectivity index (χ2v) is 7.40. The van der Waals surface area contributed by atoms with Gasteiger partial charge in [0.2, 0.25) is 0 Å². The minimum atomic E-state index is -0.314. The maximum atomic E-state index is 6.06. The van der Waals surface area contributed by atoms with Gasteiger partial charge < -0.3 is 25.4 Å². The van der Waals surface area contributed by atoms with Gasteiger partial charge in [-0.25, -0.2) is 9.97 Å². The summed E-state index contributed by atoms with van der Waals surface area (Å²) in [5, 5.41) is 20.1. The molecule has 0 fully saturated rings. The maximum absolute atomic E-state index is 6.06. The van der Waals surface area contributed by atoms with E-state index in [0.29, 0.717) is 43.1 Å². The van der Waals surface area contributed by atoms with E-state index in [1.165, 1.54) is 6.33 Å². The second kappa shape index (κ2) is 10.1. The Morgan fingerprint density at radius 3 is 2.94 bits per heavy atom. The standard InChI is InChI=1S/C22H27N8O2/c1-4-30-27-13-20(29-30)28-22-18-11-16(5-7-19(18)25-14-26-22)32-21-8-6-17(12-24-21)31-10-9-23-15(2)3/h5-8,11-15,21,24H,4,9-10H2,1-3H3,(H,25,26,28,29)/q-1. The Hall–Kier alpha value is -3.66. The number of aryl methyl sites for hydroxylation is 1. The van der Waals surface area contributed by atoms with Crippen LogP contribution in [0.3, 0.4) is 0 Å². The fraction of sp³-hybridized carbons (Fsp3) is 0.364. The number of nitrogens with zero attached hydrogens (tertiary/aromatic N) is 6. The number of dihydropyridines is 1. The molecule has 1 aromatic carbocycles. The third-order valence-corrected chi connectivity index (χ3v) is 4.62. The number of hydrogen-bond donors (Lipinski definition) is 2. The number of ether oxygens (including phenoxy) is 2. The zero-order valence-corrected chi connectivity index (χ0v) is 18.4. The Labute approximate surface area is 186 Å². The third kappa shape index (κ3) is 5.52. The van der Waals surface area contributed by atoms with Crippen LogP contribution in [0.15, 0.2) is 54.8 Å². The Morgan fingerprint density at radius 1 is 1.28 bits per heavy atom. The number of aromatic nitrogens is 5. The summed E-state index contributed by atoms with van der Waals surface area (Å²) in [4.78, 5) is 10.3. The van der Waals surface area contributed by atoms with Crippen LogP contribution in [-0.4, -0.2) is 50.4 Å². The molecule has 3 aromatic rings. The largest absolute Gasteiger partial charge is 0.657 e. The Kier molecular flexibility index (Phi) is 6.81. The van der Waals surface area contributed by atoms with Gasteiger partial charge in [-0.2, -0.15) is 9.90 Å². The smallest absolute Gasteiger partial charge is 0.189 e. The van der Waals surface area contributed by atoms with E-state index >= 15 is 0 Å². The molecule has 1 aliphatic rings. The molecule has 10 heteroatoms. The second-order valence-electron chi connectivity index (χ2n) is 7.40. The van der Waals surface area contributed by atoms with Crippen LogP contribution in [0.4, 0.5) is 11.6 Å². The van der Waals surface area contributed by atoms with Crippen LogP contribution in [0, 0.1) is 0 Å². The number of rotatable bonds is 10. The van der Waals surface area contributed by atoms with Crippen molar-refractivity contribution in [2.24, 2.45) is 0 Å². The molecule has 2 aromatic heterocycles. The molecule has 1 unspecified atom stereocenters. The summed E-state index contributed by atoms with van der Waals surface area (Å²) in [6.07, 6.45) is 8.46. The topological polar surface area (TPSA) is 113 Å². The van der Waals surface area contributed by atoms with Crippen LogP contribution in [0.5, 0.6) is 5.75 Å². The first-order chi connectivity index (χ1) is 15.6. The van der Waals surface area contributed by atoms with Crippen LogP contribution in [0.25, 0.3) is 16.2 Å². The predicted molar refractivity (Wildman–Crippen MR) is 123 cm³/mol. The number of anilines is 2. The van der Waals surface area contributed by atoms with Crippen LogP contribution >= 0.6 is 0 Å². The van der Waals surface area contributed by atoms with E-state index in [2.05, 4.69) is 50.0 Å². The monoisotopic (exact) mass is 435 g/mol. The zero-order valence-electron chi connectivity index (χ0n) is 18.4. The number of hydrogen-bond acceptors (Lipinski definition) is 8. The summed E-state index contributed by atoms with van der Waals surface area (Å²) in [6, 6.07) is 6.00. The van der Waals surface area contributed by atoms with Crippen molar-refractivity contribution < 1.29 is 9.47 Å². The van der Waals surface area contributed by atoms with Gasteiger partial charge in [-0.15, -0.1) is 17.7 Å². The molecular weight excluding hydrogens is 408 g/mol. The van der Waals surface area contributed by atoms with E-state index in [1.807, 2.05) is 37.3 Å². The SMILES string of the molecule is CCn1ncc(Nc2ncnc3ccc(OC4C=CC(OCC[N-]C(C)C)=CN4)cc23)n1. The lowest BCUT2D eigenvalue weighted by Gasteiger charge is -2.25.